The van der Waals surface area contributed by atoms with Crippen LogP contribution in [0.5, 0.6) is 0 Å². The first-order valence-corrected chi connectivity index (χ1v) is 8.22. The molecule has 4 nitrogen and oxygen atoms in total. The number of hydrogen-bond acceptors (Lipinski definition) is 3. The first-order valence-electron chi connectivity index (χ1n) is 7.34. The molecule has 2 aromatic heterocycles. The van der Waals surface area contributed by atoms with Crippen LogP contribution in [0.2, 0.25) is 0 Å². The molecule has 1 aromatic carbocycles. The highest BCUT2D eigenvalue weighted by Crippen LogP contribution is 2.42. The van der Waals surface area contributed by atoms with Crippen LogP contribution in [0.3, 0.4) is 0 Å². The second kappa shape index (κ2) is 4.56. The van der Waals surface area contributed by atoms with Crippen LogP contribution in [-0.4, -0.2) is 14.5 Å². The van der Waals surface area contributed by atoms with Gasteiger partial charge in [-0.3, -0.25) is 4.57 Å². The number of thiazole rings is 1. The Kier molecular flexibility index (Phi) is 2.79. The number of nitrogens with one attached hydrogen (secondary N) is 1. The average Bonchev–Trinajstić information content (AvgIpc) is 3.07. The van der Waals surface area contributed by atoms with Gasteiger partial charge < -0.3 is 4.98 Å². The Morgan fingerprint density at radius 2 is 2.19 bits per heavy atom. The van der Waals surface area contributed by atoms with E-state index in [1.165, 1.54) is 17.8 Å². The van der Waals surface area contributed by atoms with Gasteiger partial charge in [0.2, 0.25) is 0 Å². The highest BCUT2D eigenvalue weighted by atomic mass is 32.1. The number of H-pyrrole nitrogens is 1. The monoisotopic (exact) mass is 299 g/mol. The van der Waals surface area contributed by atoms with Crippen molar-refractivity contribution in [3.05, 3.63) is 39.1 Å². The Hall–Kier alpha value is -1.88. The summed E-state index contributed by atoms with van der Waals surface area (Å²) in [6.07, 6.45) is 2.52. The van der Waals surface area contributed by atoms with E-state index in [0.717, 1.165) is 22.3 Å². The summed E-state index contributed by atoms with van der Waals surface area (Å²) in [7, 11) is 0. The van der Waals surface area contributed by atoms with Crippen LogP contribution in [0.1, 0.15) is 43.7 Å². The zero-order valence-electron chi connectivity index (χ0n) is 12.1. The van der Waals surface area contributed by atoms with E-state index >= 15 is 0 Å². The summed E-state index contributed by atoms with van der Waals surface area (Å²) in [6.45, 7) is 4.05. The van der Waals surface area contributed by atoms with E-state index in [0.29, 0.717) is 5.92 Å². The highest BCUT2D eigenvalue weighted by molar-refractivity contribution is 7.10. The Morgan fingerprint density at radius 3 is 2.90 bits per heavy atom. The quantitative estimate of drug-likeness (QED) is 0.797. The third-order valence-corrected chi connectivity index (χ3v) is 5.00. The molecule has 1 fully saturated rings. The van der Waals surface area contributed by atoms with Crippen molar-refractivity contribution in [3.63, 3.8) is 0 Å². The number of aromatic amines is 1. The van der Waals surface area contributed by atoms with Gasteiger partial charge >= 0.3 is 5.69 Å². The molecular formula is C16H17N3OS. The molecule has 3 aromatic rings. The van der Waals surface area contributed by atoms with E-state index in [4.69, 9.17) is 4.98 Å². The van der Waals surface area contributed by atoms with Gasteiger partial charge in [0.25, 0.3) is 0 Å². The molecule has 1 saturated carbocycles. The van der Waals surface area contributed by atoms with Crippen molar-refractivity contribution in [1.82, 2.24) is 14.5 Å². The Morgan fingerprint density at radius 1 is 1.38 bits per heavy atom. The lowest BCUT2D eigenvalue weighted by Crippen LogP contribution is -2.18. The van der Waals surface area contributed by atoms with Crippen molar-refractivity contribution < 1.29 is 0 Å². The number of hydrogen-bond donors (Lipinski definition) is 1. The molecule has 1 aliphatic carbocycles. The zero-order valence-corrected chi connectivity index (χ0v) is 12.9. The fourth-order valence-corrected chi connectivity index (χ4v) is 3.80. The third kappa shape index (κ3) is 2.03. The zero-order chi connectivity index (χ0) is 14.6. The van der Waals surface area contributed by atoms with Gasteiger partial charge in [0.1, 0.15) is 0 Å². The molecule has 0 amide bonds. The Labute approximate surface area is 126 Å². The summed E-state index contributed by atoms with van der Waals surface area (Å²) in [6, 6.07) is 6.17. The number of para-hydroxylation sites is 1. The van der Waals surface area contributed by atoms with Crippen LogP contribution in [0.15, 0.2) is 28.4 Å². The van der Waals surface area contributed by atoms with Crippen LogP contribution in [-0.2, 0) is 0 Å². The predicted molar refractivity (Wildman–Crippen MR) is 86.0 cm³/mol. The van der Waals surface area contributed by atoms with Crippen molar-refractivity contribution in [2.75, 3.05) is 0 Å². The maximum absolute atomic E-state index is 12.2. The lowest BCUT2D eigenvalue weighted by atomic mass is 10.1. The van der Waals surface area contributed by atoms with Gasteiger partial charge in [-0.2, -0.15) is 0 Å². The van der Waals surface area contributed by atoms with Gasteiger partial charge in [0, 0.05) is 22.9 Å². The summed E-state index contributed by atoms with van der Waals surface area (Å²) in [4.78, 5) is 19.9. The summed E-state index contributed by atoms with van der Waals surface area (Å²) in [5, 5.41) is 3.33. The summed E-state index contributed by atoms with van der Waals surface area (Å²) in [5.41, 5.74) is 3.79. The van der Waals surface area contributed by atoms with Gasteiger partial charge in [0.15, 0.2) is 0 Å². The van der Waals surface area contributed by atoms with Gasteiger partial charge in [-0.25, -0.2) is 9.78 Å². The van der Waals surface area contributed by atoms with Gasteiger partial charge in [-0.05, 0) is 32.8 Å². The minimum atomic E-state index is -0.0508. The second-order valence-electron chi connectivity index (χ2n) is 5.94. The number of aromatic nitrogens is 3. The van der Waals surface area contributed by atoms with Gasteiger partial charge in [-0.15, -0.1) is 11.3 Å². The highest BCUT2D eigenvalue weighted by Gasteiger charge is 2.27. The fourth-order valence-electron chi connectivity index (χ4n) is 2.80. The van der Waals surface area contributed by atoms with Crippen LogP contribution in [0.25, 0.3) is 22.3 Å². The van der Waals surface area contributed by atoms with Crippen LogP contribution < -0.4 is 5.69 Å². The molecule has 5 heteroatoms. The van der Waals surface area contributed by atoms with Crippen LogP contribution >= 0.6 is 11.3 Å². The molecule has 108 valence electrons. The average molecular weight is 299 g/mol. The largest absolute Gasteiger partial charge is 0.326 e. The van der Waals surface area contributed by atoms with Gasteiger partial charge in [-0.1, -0.05) is 12.1 Å². The maximum Gasteiger partial charge on any atom is 0.326 e. The molecule has 2 heterocycles. The molecule has 1 aliphatic rings. The second-order valence-corrected chi connectivity index (χ2v) is 6.83. The Bertz CT molecular complexity index is 867. The number of benzene rings is 1. The Balaban J connectivity index is 1.92. The topological polar surface area (TPSA) is 50.7 Å². The molecule has 0 saturated heterocycles. The normalized spacial score (nSPS) is 15.2. The van der Waals surface area contributed by atoms with Crippen molar-refractivity contribution in [2.45, 2.75) is 38.6 Å². The van der Waals surface area contributed by atoms with Crippen molar-refractivity contribution in [3.8, 4) is 11.3 Å². The van der Waals surface area contributed by atoms with E-state index in [1.807, 2.05) is 32.0 Å². The molecule has 0 spiro atoms. The molecule has 4 rings (SSSR count). The summed E-state index contributed by atoms with van der Waals surface area (Å²) >= 11 is 1.73. The molecule has 0 aliphatic heterocycles. The van der Waals surface area contributed by atoms with E-state index in [-0.39, 0.29) is 11.7 Å². The number of nitrogens with zero attached hydrogens (tertiary/aromatic N) is 2. The van der Waals surface area contributed by atoms with Gasteiger partial charge in [0.05, 0.1) is 21.7 Å². The molecule has 0 bridgehead atoms. The van der Waals surface area contributed by atoms with Crippen molar-refractivity contribution >= 4 is 22.4 Å². The van der Waals surface area contributed by atoms with Crippen LogP contribution in [0.4, 0.5) is 0 Å². The van der Waals surface area contributed by atoms with E-state index in [1.54, 1.807) is 15.9 Å². The summed E-state index contributed by atoms with van der Waals surface area (Å²) < 4.78 is 1.80. The lowest BCUT2D eigenvalue weighted by molar-refractivity contribution is 0.598. The fraction of sp³-hybridized carbons (Fsp3) is 0.375. The molecule has 21 heavy (non-hydrogen) atoms. The maximum atomic E-state index is 12.2. The van der Waals surface area contributed by atoms with Crippen LogP contribution in [0, 0.1) is 0 Å². The number of imidazole rings is 1. The molecule has 0 radical (unpaired) electrons. The van der Waals surface area contributed by atoms with Crippen molar-refractivity contribution in [2.24, 2.45) is 0 Å². The third-order valence-electron chi connectivity index (χ3n) is 3.99. The standard InChI is InChI=1S/C16H17N3OS/c1-9(2)19-13-5-3-4-11(14(13)18-16(19)20)12-8-21-15(17-12)10-6-7-10/h3-5,8-10H,6-7H2,1-2H3,(H,18,20). The van der Waals surface area contributed by atoms with E-state index in [9.17, 15) is 4.79 Å². The SMILES string of the molecule is CC(C)n1c(=O)[nH]c2c(-c3csc(C4CC4)n3)cccc21. The van der Waals surface area contributed by atoms with E-state index in [2.05, 4.69) is 10.4 Å². The molecular weight excluding hydrogens is 282 g/mol. The number of rotatable bonds is 3. The smallest absolute Gasteiger partial charge is 0.305 e. The minimum Gasteiger partial charge on any atom is -0.305 e. The predicted octanol–water partition coefficient (Wildman–Crippen LogP) is 3.91. The summed E-state index contributed by atoms with van der Waals surface area (Å²) in [5.74, 6) is 0.669. The minimum absolute atomic E-state index is 0.0508. The first-order chi connectivity index (χ1) is 10.1. The van der Waals surface area contributed by atoms with E-state index < -0.39 is 0 Å². The lowest BCUT2D eigenvalue weighted by Gasteiger charge is -2.07. The number of fused-ring (bicyclic) bond motifs is 1. The first kappa shape index (κ1) is 12.8. The molecule has 1 N–H and O–H groups in total. The van der Waals surface area contributed by atoms with Crippen molar-refractivity contribution in [1.29, 1.82) is 0 Å². The molecule has 0 unspecified atom stereocenters. The molecule has 0 atom stereocenters.